The summed E-state index contributed by atoms with van der Waals surface area (Å²) in [5.74, 6) is -0.570. The Labute approximate surface area is 195 Å². The van der Waals surface area contributed by atoms with Crippen molar-refractivity contribution in [3.63, 3.8) is 0 Å². The number of hydrogen-bond acceptors (Lipinski definition) is 7. The number of para-hydroxylation sites is 1. The molecule has 8 heteroatoms. The van der Waals surface area contributed by atoms with E-state index in [0.29, 0.717) is 36.0 Å². The number of likely N-dealkylation sites (tertiary alicyclic amines) is 1. The molecule has 0 aliphatic carbocycles. The summed E-state index contributed by atoms with van der Waals surface area (Å²) in [6, 6.07) is 8.92. The summed E-state index contributed by atoms with van der Waals surface area (Å²) in [4.78, 5) is 33.8. The quantitative estimate of drug-likeness (QED) is 0.683. The number of carbonyl (C=O) groups is 1. The molecule has 33 heavy (non-hydrogen) atoms. The van der Waals surface area contributed by atoms with Crippen LogP contribution in [0.4, 0.5) is 5.82 Å². The fourth-order valence-corrected chi connectivity index (χ4v) is 4.54. The van der Waals surface area contributed by atoms with Crippen molar-refractivity contribution in [1.82, 2.24) is 14.8 Å². The van der Waals surface area contributed by atoms with Gasteiger partial charge in [0.1, 0.15) is 23.0 Å². The van der Waals surface area contributed by atoms with Crippen LogP contribution in [0.1, 0.15) is 53.4 Å². The third-order valence-electron chi connectivity index (χ3n) is 6.37. The van der Waals surface area contributed by atoms with Gasteiger partial charge in [0.05, 0.1) is 11.5 Å². The van der Waals surface area contributed by atoms with Crippen LogP contribution in [-0.4, -0.2) is 59.0 Å². The average molecular weight is 454 g/mol. The predicted octanol–water partition coefficient (Wildman–Crippen LogP) is 3.63. The number of nitriles is 1. The van der Waals surface area contributed by atoms with Crippen molar-refractivity contribution < 1.29 is 9.21 Å². The number of benzene rings is 1. The van der Waals surface area contributed by atoms with Crippen LogP contribution in [-0.2, 0) is 4.79 Å². The van der Waals surface area contributed by atoms with Crippen molar-refractivity contribution in [1.29, 1.82) is 5.26 Å². The van der Waals surface area contributed by atoms with E-state index >= 15 is 0 Å². The first-order chi connectivity index (χ1) is 15.6. The molecule has 2 aromatic rings. The van der Waals surface area contributed by atoms with Crippen LogP contribution in [0.2, 0.25) is 0 Å². The van der Waals surface area contributed by atoms with Crippen LogP contribution in [0.15, 0.2) is 33.5 Å². The van der Waals surface area contributed by atoms with Crippen molar-refractivity contribution >= 4 is 22.7 Å². The van der Waals surface area contributed by atoms with E-state index in [4.69, 9.17) is 4.42 Å². The van der Waals surface area contributed by atoms with Crippen LogP contribution in [0.3, 0.4) is 0 Å². The number of carbonyl (C=O) groups excluding carboxylic acids is 1. The SMILES string of the molecule is CCCN1CCC(C#N)(N(C)C(=O)[C@H](CC(C)(C)C)Nc2nc(=O)oc3ccccc23)CC1. The van der Waals surface area contributed by atoms with Crippen LogP contribution in [0.25, 0.3) is 11.0 Å². The molecule has 0 unspecified atom stereocenters. The number of rotatable bonds is 7. The first-order valence-electron chi connectivity index (χ1n) is 11.7. The lowest BCUT2D eigenvalue weighted by Crippen LogP contribution is -2.58. The van der Waals surface area contributed by atoms with E-state index < -0.39 is 17.3 Å². The lowest BCUT2D eigenvalue weighted by atomic mass is 9.84. The molecule has 1 aromatic heterocycles. The van der Waals surface area contributed by atoms with E-state index in [9.17, 15) is 14.9 Å². The molecule has 1 amide bonds. The molecule has 3 rings (SSSR count). The maximum absolute atomic E-state index is 13.8. The number of likely N-dealkylation sites (N-methyl/N-ethyl adjacent to an activating group) is 1. The normalized spacial score (nSPS) is 17.3. The standard InChI is InChI=1S/C25H35N5O3/c1-6-13-30-14-11-25(17-26,12-15-30)29(5)22(31)19(16-24(2,3)4)27-21-18-9-7-8-10-20(18)33-23(32)28-21/h7-10,19H,6,11-16H2,1-5H3,(H,27,28,32)/t19-/m0/s1. The fourth-order valence-electron chi connectivity index (χ4n) is 4.54. The summed E-state index contributed by atoms with van der Waals surface area (Å²) in [7, 11) is 1.73. The van der Waals surface area contributed by atoms with Gasteiger partial charge in [0.15, 0.2) is 0 Å². The number of piperidine rings is 1. The van der Waals surface area contributed by atoms with Gasteiger partial charge in [0.2, 0.25) is 5.91 Å². The summed E-state index contributed by atoms with van der Waals surface area (Å²) < 4.78 is 5.20. The molecule has 2 heterocycles. The molecule has 0 spiro atoms. The highest BCUT2D eigenvalue weighted by Gasteiger charge is 2.43. The Morgan fingerprint density at radius 2 is 2.00 bits per heavy atom. The highest BCUT2D eigenvalue weighted by molar-refractivity contribution is 5.91. The van der Waals surface area contributed by atoms with Gasteiger partial charge in [0.25, 0.3) is 0 Å². The molecule has 1 aliphatic rings. The van der Waals surface area contributed by atoms with Crippen LogP contribution in [0, 0.1) is 16.7 Å². The topological polar surface area (TPSA) is 102 Å². The van der Waals surface area contributed by atoms with Crippen LogP contribution < -0.4 is 11.1 Å². The van der Waals surface area contributed by atoms with Gasteiger partial charge in [-0.25, -0.2) is 4.79 Å². The number of nitrogens with zero attached hydrogens (tertiary/aromatic N) is 4. The van der Waals surface area contributed by atoms with Gasteiger partial charge in [-0.15, -0.1) is 0 Å². The largest absolute Gasteiger partial charge is 0.441 e. The number of anilines is 1. The summed E-state index contributed by atoms with van der Waals surface area (Å²) in [5, 5.41) is 14.0. The van der Waals surface area contributed by atoms with E-state index in [1.165, 1.54) is 0 Å². The minimum atomic E-state index is -0.843. The van der Waals surface area contributed by atoms with Crippen molar-refractivity contribution in [2.45, 2.75) is 65.0 Å². The van der Waals surface area contributed by atoms with Gasteiger partial charge in [-0.1, -0.05) is 39.8 Å². The first-order valence-corrected chi connectivity index (χ1v) is 11.7. The van der Waals surface area contributed by atoms with Crippen molar-refractivity contribution in [3.05, 3.63) is 34.8 Å². The maximum atomic E-state index is 13.8. The Bertz CT molecular complexity index is 1070. The van der Waals surface area contributed by atoms with Gasteiger partial charge in [0, 0.05) is 20.1 Å². The number of amides is 1. The average Bonchev–Trinajstić information content (AvgIpc) is 2.77. The molecule has 1 saturated heterocycles. The molecule has 1 N–H and O–H groups in total. The highest BCUT2D eigenvalue weighted by atomic mass is 16.4. The third kappa shape index (κ3) is 5.72. The zero-order valence-electron chi connectivity index (χ0n) is 20.4. The smallest absolute Gasteiger partial charge is 0.408 e. The Morgan fingerprint density at radius 1 is 1.33 bits per heavy atom. The Balaban J connectivity index is 1.90. The van der Waals surface area contributed by atoms with Gasteiger partial charge in [-0.3, -0.25) is 4.79 Å². The van der Waals surface area contributed by atoms with Gasteiger partial charge in [-0.2, -0.15) is 10.2 Å². The first kappa shape index (κ1) is 24.7. The lowest BCUT2D eigenvalue weighted by Gasteiger charge is -2.44. The van der Waals surface area contributed by atoms with Gasteiger partial charge < -0.3 is 19.5 Å². The summed E-state index contributed by atoms with van der Waals surface area (Å²) in [6.07, 6.45) is 2.81. The summed E-state index contributed by atoms with van der Waals surface area (Å²) in [6.45, 7) is 10.9. The van der Waals surface area contributed by atoms with Crippen molar-refractivity contribution in [2.24, 2.45) is 5.41 Å². The zero-order valence-corrected chi connectivity index (χ0v) is 20.4. The molecule has 1 atom stereocenters. The van der Waals surface area contributed by atoms with E-state index in [2.05, 4.69) is 49.0 Å². The highest BCUT2D eigenvalue weighted by Crippen LogP contribution is 2.31. The Morgan fingerprint density at radius 3 is 2.61 bits per heavy atom. The summed E-state index contributed by atoms with van der Waals surface area (Å²) in [5.41, 5.74) is -0.606. The number of nitrogens with one attached hydrogen (secondary N) is 1. The molecule has 0 bridgehead atoms. The van der Waals surface area contributed by atoms with Gasteiger partial charge >= 0.3 is 5.76 Å². The predicted molar refractivity (Wildman–Crippen MR) is 129 cm³/mol. The van der Waals surface area contributed by atoms with Crippen molar-refractivity contribution in [3.8, 4) is 6.07 Å². The second kappa shape index (κ2) is 9.92. The zero-order chi connectivity index (χ0) is 24.2. The van der Waals surface area contributed by atoms with Crippen LogP contribution in [0.5, 0.6) is 0 Å². The van der Waals surface area contributed by atoms with Crippen molar-refractivity contribution in [2.75, 3.05) is 32.0 Å². The lowest BCUT2D eigenvalue weighted by molar-refractivity contribution is -0.136. The Hall–Kier alpha value is -2.92. The number of fused-ring (bicyclic) bond motifs is 1. The molecule has 0 radical (unpaired) electrons. The molecule has 1 aromatic carbocycles. The van der Waals surface area contributed by atoms with E-state index in [-0.39, 0.29) is 11.3 Å². The molecular formula is C25H35N5O3. The minimum absolute atomic E-state index is 0.172. The molecule has 1 aliphatic heterocycles. The third-order valence-corrected chi connectivity index (χ3v) is 6.37. The maximum Gasteiger partial charge on any atom is 0.441 e. The second-order valence-electron chi connectivity index (χ2n) is 10.2. The minimum Gasteiger partial charge on any atom is -0.408 e. The molecule has 1 fully saturated rings. The second-order valence-corrected chi connectivity index (χ2v) is 10.2. The monoisotopic (exact) mass is 453 g/mol. The number of hydrogen-bond donors (Lipinski definition) is 1. The fraction of sp³-hybridized carbons (Fsp3) is 0.600. The number of aromatic nitrogens is 1. The molecular weight excluding hydrogens is 418 g/mol. The Kier molecular flexibility index (Phi) is 7.43. The van der Waals surface area contributed by atoms with E-state index in [1.54, 1.807) is 30.1 Å². The van der Waals surface area contributed by atoms with Gasteiger partial charge in [-0.05, 0) is 49.8 Å². The van der Waals surface area contributed by atoms with Crippen LogP contribution >= 0.6 is 0 Å². The van der Waals surface area contributed by atoms with E-state index in [1.807, 2.05) is 6.07 Å². The summed E-state index contributed by atoms with van der Waals surface area (Å²) >= 11 is 0. The molecule has 0 saturated carbocycles. The van der Waals surface area contributed by atoms with E-state index in [0.717, 1.165) is 26.1 Å². The molecule has 178 valence electrons. The molecule has 8 nitrogen and oxygen atoms in total.